The highest BCUT2D eigenvalue weighted by Gasteiger charge is 2.10. The molecule has 1 heterocycles. The molecular weight excluding hydrogens is 202 g/mol. The molecule has 0 aliphatic carbocycles. The number of allylic oxidation sites excluding steroid dienone is 1. The summed E-state index contributed by atoms with van der Waals surface area (Å²) in [5.74, 6) is -0.971. The summed E-state index contributed by atoms with van der Waals surface area (Å²) in [6.45, 7) is 1.87. The molecule has 0 aliphatic heterocycles. The summed E-state index contributed by atoms with van der Waals surface area (Å²) in [5, 5.41) is 9.38. The van der Waals surface area contributed by atoms with E-state index in [2.05, 4.69) is 4.98 Å². The Morgan fingerprint density at radius 1 is 1.64 bits per heavy atom. The Balaban J connectivity index is 3.06. The van der Waals surface area contributed by atoms with Gasteiger partial charge in [0.2, 0.25) is 0 Å². The fourth-order valence-electron chi connectivity index (χ4n) is 1.04. The molecule has 0 saturated carbocycles. The molecule has 0 aromatic carbocycles. The lowest BCUT2D eigenvalue weighted by Crippen LogP contribution is -2.01. The summed E-state index contributed by atoms with van der Waals surface area (Å²) in [6, 6.07) is 3.22. The summed E-state index contributed by atoms with van der Waals surface area (Å²) < 4.78 is 0. The second kappa shape index (κ2) is 4.77. The van der Waals surface area contributed by atoms with Crippen LogP contribution in [0, 0.1) is 0 Å². The van der Waals surface area contributed by atoms with Crippen molar-refractivity contribution in [3.63, 3.8) is 0 Å². The minimum atomic E-state index is -0.971. The Hall–Kier alpha value is -1.35. The number of carboxylic acid groups (broad SMARTS) is 1. The summed E-state index contributed by atoms with van der Waals surface area (Å²) in [5.41, 5.74) is 0.646. The van der Waals surface area contributed by atoms with Crippen molar-refractivity contribution in [3.05, 3.63) is 35.1 Å². The lowest BCUT2D eigenvalue weighted by Gasteiger charge is -2.00. The van der Waals surface area contributed by atoms with Gasteiger partial charge < -0.3 is 5.11 Å². The van der Waals surface area contributed by atoms with Crippen LogP contribution < -0.4 is 0 Å². The van der Waals surface area contributed by atoms with Crippen molar-refractivity contribution < 1.29 is 9.90 Å². The SMILES string of the molecule is CC/C=C(/C(=O)O)c1ccc(Cl)cn1. The van der Waals surface area contributed by atoms with Crippen molar-refractivity contribution in [2.75, 3.05) is 0 Å². The zero-order valence-corrected chi connectivity index (χ0v) is 8.45. The molecule has 0 radical (unpaired) electrons. The van der Waals surface area contributed by atoms with Gasteiger partial charge in [0.1, 0.15) is 0 Å². The Bertz CT molecular complexity index is 357. The second-order valence-corrected chi connectivity index (χ2v) is 3.13. The minimum absolute atomic E-state index is 0.212. The number of rotatable bonds is 3. The first-order chi connectivity index (χ1) is 6.65. The molecule has 1 aromatic heterocycles. The Labute approximate surface area is 87.0 Å². The molecule has 0 bridgehead atoms. The van der Waals surface area contributed by atoms with E-state index < -0.39 is 5.97 Å². The molecule has 1 N–H and O–H groups in total. The average molecular weight is 212 g/mol. The molecule has 1 aromatic rings. The van der Waals surface area contributed by atoms with Crippen LogP contribution in [0.1, 0.15) is 19.0 Å². The summed E-state index contributed by atoms with van der Waals surface area (Å²) in [7, 11) is 0. The summed E-state index contributed by atoms with van der Waals surface area (Å²) >= 11 is 5.64. The Kier molecular flexibility index (Phi) is 3.65. The van der Waals surface area contributed by atoms with E-state index in [9.17, 15) is 4.79 Å². The van der Waals surface area contributed by atoms with Crippen molar-refractivity contribution in [3.8, 4) is 0 Å². The second-order valence-electron chi connectivity index (χ2n) is 2.69. The van der Waals surface area contributed by atoms with E-state index >= 15 is 0 Å². The molecule has 1 rings (SSSR count). The van der Waals surface area contributed by atoms with Gasteiger partial charge in [0.25, 0.3) is 0 Å². The lowest BCUT2D eigenvalue weighted by atomic mass is 10.1. The highest BCUT2D eigenvalue weighted by molar-refractivity contribution is 6.30. The molecule has 0 amide bonds. The van der Waals surface area contributed by atoms with Gasteiger partial charge in [-0.2, -0.15) is 0 Å². The third-order valence-electron chi connectivity index (χ3n) is 1.64. The van der Waals surface area contributed by atoms with E-state index in [1.165, 1.54) is 6.20 Å². The highest BCUT2D eigenvalue weighted by Crippen LogP contribution is 2.15. The van der Waals surface area contributed by atoms with Crippen LogP contribution in [0.3, 0.4) is 0 Å². The summed E-state index contributed by atoms with van der Waals surface area (Å²) in [6.07, 6.45) is 3.72. The smallest absolute Gasteiger partial charge is 0.337 e. The first-order valence-corrected chi connectivity index (χ1v) is 4.58. The maximum absolute atomic E-state index is 10.8. The molecule has 74 valence electrons. The van der Waals surface area contributed by atoms with Crippen molar-refractivity contribution in [1.29, 1.82) is 0 Å². The fraction of sp³-hybridized carbons (Fsp3) is 0.200. The van der Waals surface area contributed by atoms with Gasteiger partial charge in [-0.25, -0.2) is 4.79 Å². The van der Waals surface area contributed by atoms with Crippen molar-refractivity contribution >= 4 is 23.1 Å². The van der Waals surface area contributed by atoms with E-state index in [1.807, 2.05) is 6.92 Å². The van der Waals surface area contributed by atoms with Crippen LogP contribution in [-0.2, 0) is 4.79 Å². The Morgan fingerprint density at radius 3 is 2.79 bits per heavy atom. The Morgan fingerprint density at radius 2 is 2.36 bits per heavy atom. The number of halogens is 1. The van der Waals surface area contributed by atoms with Crippen LogP contribution in [0.15, 0.2) is 24.4 Å². The van der Waals surface area contributed by atoms with Crippen LogP contribution in [-0.4, -0.2) is 16.1 Å². The van der Waals surface area contributed by atoms with Crippen LogP contribution in [0.5, 0.6) is 0 Å². The van der Waals surface area contributed by atoms with Gasteiger partial charge in [-0.3, -0.25) is 4.98 Å². The van der Waals surface area contributed by atoms with Gasteiger partial charge in [0.15, 0.2) is 0 Å². The molecular formula is C10H10ClNO2. The van der Waals surface area contributed by atoms with Gasteiger partial charge >= 0.3 is 5.97 Å². The highest BCUT2D eigenvalue weighted by atomic mass is 35.5. The largest absolute Gasteiger partial charge is 0.478 e. The molecule has 0 saturated heterocycles. The molecule has 4 heteroatoms. The predicted molar refractivity (Wildman–Crippen MR) is 55.2 cm³/mol. The number of carboxylic acids is 1. The van der Waals surface area contributed by atoms with Crippen LogP contribution in [0.25, 0.3) is 5.57 Å². The zero-order chi connectivity index (χ0) is 10.6. The van der Waals surface area contributed by atoms with Gasteiger partial charge in [-0.15, -0.1) is 0 Å². The molecule has 3 nitrogen and oxygen atoms in total. The normalized spacial score (nSPS) is 11.4. The molecule has 14 heavy (non-hydrogen) atoms. The van der Waals surface area contributed by atoms with E-state index in [0.29, 0.717) is 17.1 Å². The predicted octanol–water partition coefficient (Wildman–Crippen LogP) is 2.61. The average Bonchev–Trinajstić information content (AvgIpc) is 2.15. The number of hydrogen-bond donors (Lipinski definition) is 1. The van der Waals surface area contributed by atoms with E-state index in [4.69, 9.17) is 16.7 Å². The third kappa shape index (κ3) is 2.57. The quantitative estimate of drug-likeness (QED) is 0.782. The number of hydrogen-bond acceptors (Lipinski definition) is 2. The standard InChI is InChI=1S/C10H10ClNO2/c1-2-3-8(10(13)14)9-5-4-7(11)6-12-9/h3-6H,2H2,1H3,(H,13,14)/b8-3+. The minimum Gasteiger partial charge on any atom is -0.478 e. The first kappa shape index (κ1) is 10.7. The van der Waals surface area contributed by atoms with Gasteiger partial charge in [0, 0.05) is 6.20 Å². The zero-order valence-electron chi connectivity index (χ0n) is 7.70. The van der Waals surface area contributed by atoms with E-state index in [-0.39, 0.29) is 5.57 Å². The van der Waals surface area contributed by atoms with Crippen molar-refractivity contribution in [2.45, 2.75) is 13.3 Å². The first-order valence-electron chi connectivity index (χ1n) is 4.20. The van der Waals surface area contributed by atoms with Crippen LogP contribution in [0.4, 0.5) is 0 Å². The molecule has 0 unspecified atom stereocenters. The fourth-order valence-corrected chi connectivity index (χ4v) is 1.15. The van der Waals surface area contributed by atoms with E-state index in [1.54, 1.807) is 18.2 Å². The maximum Gasteiger partial charge on any atom is 0.337 e. The molecule has 0 fully saturated rings. The lowest BCUT2D eigenvalue weighted by molar-refractivity contribution is -0.130. The number of pyridine rings is 1. The topological polar surface area (TPSA) is 50.2 Å². The van der Waals surface area contributed by atoms with Crippen LogP contribution in [0.2, 0.25) is 5.02 Å². The van der Waals surface area contributed by atoms with E-state index in [0.717, 1.165) is 0 Å². The number of aliphatic carboxylic acids is 1. The molecule has 0 aliphatic rings. The van der Waals surface area contributed by atoms with Gasteiger partial charge in [-0.05, 0) is 18.6 Å². The summed E-state index contributed by atoms with van der Waals surface area (Å²) in [4.78, 5) is 14.8. The monoisotopic (exact) mass is 211 g/mol. The molecule has 0 atom stereocenters. The molecule has 0 spiro atoms. The number of nitrogens with zero attached hydrogens (tertiary/aromatic N) is 1. The van der Waals surface area contributed by atoms with Crippen LogP contribution >= 0.6 is 11.6 Å². The number of carbonyl (C=O) groups is 1. The van der Waals surface area contributed by atoms with Crippen molar-refractivity contribution in [1.82, 2.24) is 4.98 Å². The maximum atomic E-state index is 10.8. The third-order valence-corrected chi connectivity index (χ3v) is 1.87. The van der Waals surface area contributed by atoms with Crippen molar-refractivity contribution in [2.24, 2.45) is 0 Å². The number of aromatic nitrogens is 1. The van der Waals surface area contributed by atoms with Gasteiger partial charge in [-0.1, -0.05) is 24.6 Å². The van der Waals surface area contributed by atoms with Gasteiger partial charge in [0.05, 0.1) is 16.3 Å².